The Bertz CT molecular complexity index is 734. The number of halogens is 2. The zero-order valence-corrected chi connectivity index (χ0v) is 11.8. The van der Waals surface area contributed by atoms with Gasteiger partial charge in [-0.05, 0) is 34.1 Å². The first-order valence-corrected chi connectivity index (χ1v) is 6.33. The van der Waals surface area contributed by atoms with Crippen LogP contribution in [0.5, 0.6) is 11.5 Å². The number of non-ortho nitro benzene ring substituents is 1. The number of carbonyl (C=O) groups is 1. The van der Waals surface area contributed by atoms with E-state index in [2.05, 4.69) is 15.9 Å². The van der Waals surface area contributed by atoms with Gasteiger partial charge in [-0.3, -0.25) is 10.1 Å². The number of hydrogen-bond acceptors (Lipinski definition) is 4. The highest BCUT2D eigenvalue weighted by atomic mass is 79.9. The van der Waals surface area contributed by atoms with Gasteiger partial charge in [0, 0.05) is 10.5 Å². The van der Waals surface area contributed by atoms with Crippen molar-refractivity contribution in [2.75, 3.05) is 0 Å². The molecule has 0 aliphatic carbocycles. The Morgan fingerprint density at radius 1 is 1.29 bits per heavy atom. The fourth-order valence-electron chi connectivity index (χ4n) is 1.60. The summed E-state index contributed by atoms with van der Waals surface area (Å²) in [6, 6.07) is 7.22. The number of nitro groups is 1. The van der Waals surface area contributed by atoms with Crippen LogP contribution in [0.4, 0.5) is 10.1 Å². The van der Waals surface area contributed by atoms with Crippen LogP contribution in [0, 0.1) is 15.9 Å². The van der Waals surface area contributed by atoms with Gasteiger partial charge in [-0.2, -0.15) is 0 Å². The predicted molar refractivity (Wildman–Crippen MR) is 74.2 cm³/mol. The number of aromatic carboxylic acids is 1. The minimum Gasteiger partial charge on any atom is -0.478 e. The summed E-state index contributed by atoms with van der Waals surface area (Å²) in [6.45, 7) is 0. The molecule has 21 heavy (non-hydrogen) atoms. The van der Waals surface area contributed by atoms with Crippen molar-refractivity contribution in [3.63, 3.8) is 0 Å². The lowest BCUT2D eigenvalue weighted by Gasteiger charge is -2.10. The summed E-state index contributed by atoms with van der Waals surface area (Å²) < 4.78 is 19.2. The number of nitro benzene ring substituents is 1. The van der Waals surface area contributed by atoms with Gasteiger partial charge in [0.2, 0.25) is 0 Å². The minimum absolute atomic E-state index is 0.0790. The van der Waals surface area contributed by atoms with Gasteiger partial charge in [0.1, 0.15) is 11.3 Å². The van der Waals surface area contributed by atoms with Gasteiger partial charge in [-0.15, -0.1) is 0 Å². The zero-order chi connectivity index (χ0) is 15.6. The predicted octanol–water partition coefficient (Wildman–Crippen LogP) is 3.99. The van der Waals surface area contributed by atoms with Crippen molar-refractivity contribution < 1.29 is 24.0 Å². The maximum absolute atomic E-state index is 13.7. The van der Waals surface area contributed by atoms with Crippen LogP contribution in [0.3, 0.4) is 0 Å². The summed E-state index contributed by atoms with van der Waals surface area (Å²) in [4.78, 5) is 21.0. The molecule has 8 heteroatoms. The molecule has 0 unspecified atom stereocenters. The number of nitrogens with zero attached hydrogens (tertiary/aromatic N) is 1. The lowest BCUT2D eigenvalue weighted by molar-refractivity contribution is -0.385. The van der Waals surface area contributed by atoms with Gasteiger partial charge in [-0.25, -0.2) is 9.18 Å². The van der Waals surface area contributed by atoms with Gasteiger partial charge >= 0.3 is 5.97 Å². The third kappa shape index (κ3) is 3.16. The van der Waals surface area contributed by atoms with Crippen molar-refractivity contribution in [3.8, 4) is 11.5 Å². The van der Waals surface area contributed by atoms with Crippen molar-refractivity contribution in [3.05, 3.63) is 62.4 Å². The average molecular weight is 356 g/mol. The first-order chi connectivity index (χ1) is 9.90. The van der Waals surface area contributed by atoms with E-state index in [1.54, 1.807) is 0 Å². The molecule has 0 radical (unpaired) electrons. The quantitative estimate of drug-likeness (QED) is 0.661. The molecule has 0 aromatic heterocycles. The van der Waals surface area contributed by atoms with Gasteiger partial charge in [0.15, 0.2) is 11.6 Å². The molecule has 0 bridgehead atoms. The summed E-state index contributed by atoms with van der Waals surface area (Å²) in [5.74, 6) is -2.59. The summed E-state index contributed by atoms with van der Waals surface area (Å²) in [5, 5.41) is 19.6. The smallest absolute Gasteiger partial charge is 0.340 e. The Hall–Kier alpha value is -2.48. The third-order valence-corrected chi connectivity index (χ3v) is 3.20. The highest BCUT2D eigenvalue weighted by molar-refractivity contribution is 9.10. The normalized spacial score (nSPS) is 10.2. The molecule has 0 saturated heterocycles. The molecule has 108 valence electrons. The molecule has 2 rings (SSSR count). The number of carboxylic acids is 1. The van der Waals surface area contributed by atoms with Crippen molar-refractivity contribution in [2.24, 2.45) is 0 Å². The summed E-state index contributed by atoms with van der Waals surface area (Å²) >= 11 is 3.07. The topological polar surface area (TPSA) is 89.7 Å². The molecule has 0 spiro atoms. The molecule has 0 saturated carbocycles. The highest BCUT2D eigenvalue weighted by Gasteiger charge is 2.18. The third-order valence-electron chi connectivity index (χ3n) is 2.54. The molecular weight excluding hydrogens is 349 g/mol. The molecule has 2 aromatic rings. The standard InChI is InChI=1S/C13H7BrFNO5/c14-8-2-1-3-11(12(8)13(17)18)21-10-5-4-7(16(19)20)6-9(10)15/h1-6H,(H,17,18). The number of hydrogen-bond donors (Lipinski definition) is 1. The van der Waals surface area contributed by atoms with E-state index in [0.717, 1.165) is 12.1 Å². The highest BCUT2D eigenvalue weighted by Crippen LogP contribution is 2.32. The van der Waals surface area contributed by atoms with Crippen LogP contribution in [0.15, 0.2) is 40.9 Å². The first-order valence-electron chi connectivity index (χ1n) is 5.53. The van der Waals surface area contributed by atoms with E-state index in [4.69, 9.17) is 9.84 Å². The van der Waals surface area contributed by atoms with E-state index in [9.17, 15) is 19.3 Å². The largest absolute Gasteiger partial charge is 0.478 e. The van der Waals surface area contributed by atoms with Crippen LogP contribution >= 0.6 is 15.9 Å². The van der Waals surface area contributed by atoms with Crippen molar-refractivity contribution in [1.29, 1.82) is 0 Å². The van der Waals surface area contributed by atoms with Crippen molar-refractivity contribution in [2.45, 2.75) is 0 Å². The molecule has 0 aliphatic rings. The van der Waals surface area contributed by atoms with E-state index >= 15 is 0 Å². The van der Waals surface area contributed by atoms with E-state index in [-0.39, 0.29) is 21.5 Å². The van der Waals surface area contributed by atoms with Gasteiger partial charge < -0.3 is 9.84 Å². The van der Waals surface area contributed by atoms with E-state index in [1.165, 1.54) is 18.2 Å². The van der Waals surface area contributed by atoms with Gasteiger partial charge in [0.05, 0.1) is 11.0 Å². The first kappa shape index (κ1) is 14.9. The van der Waals surface area contributed by atoms with Crippen LogP contribution < -0.4 is 4.74 Å². The second kappa shape index (κ2) is 5.88. The SMILES string of the molecule is O=C(O)c1c(Br)cccc1Oc1ccc([N+](=O)[O-])cc1F. The monoisotopic (exact) mass is 355 g/mol. The molecule has 0 amide bonds. The molecule has 6 nitrogen and oxygen atoms in total. The lowest BCUT2D eigenvalue weighted by Crippen LogP contribution is -2.02. The maximum atomic E-state index is 13.7. The second-order valence-electron chi connectivity index (χ2n) is 3.89. The fourth-order valence-corrected chi connectivity index (χ4v) is 2.12. The van der Waals surface area contributed by atoms with Gasteiger partial charge in [0.25, 0.3) is 5.69 Å². The Morgan fingerprint density at radius 3 is 2.57 bits per heavy atom. The zero-order valence-electron chi connectivity index (χ0n) is 10.2. The molecule has 0 heterocycles. The molecule has 0 atom stereocenters. The molecular formula is C13H7BrFNO5. The number of benzene rings is 2. The Labute approximate surface area is 126 Å². The van der Waals surface area contributed by atoms with E-state index in [1.807, 2.05) is 0 Å². The Kier molecular flexibility index (Phi) is 4.18. The number of rotatable bonds is 4. The Balaban J connectivity index is 2.42. The molecule has 2 aromatic carbocycles. The van der Waals surface area contributed by atoms with E-state index in [0.29, 0.717) is 6.07 Å². The van der Waals surface area contributed by atoms with Crippen molar-refractivity contribution in [1.82, 2.24) is 0 Å². The average Bonchev–Trinajstić information content (AvgIpc) is 2.40. The fraction of sp³-hybridized carbons (Fsp3) is 0. The molecule has 0 fully saturated rings. The van der Waals surface area contributed by atoms with Crippen LogP contribution in [-0.2, 0) is 0 Å². The second-order valence-corrected chi connectivity index (χ2v) is 4.75. The lowest BCUT2D eigenvalue weighted by atomic mass is 10.2. The van der Waals surface area contributed by atoms with Crippen LogP contribution in [0.2, 0.25) is 0 Å². The maximum Gasteiger partial charge on any atom is 0.340 e. The van der Waals surface area contributed by atoms with Crippen LogP contribution in [0.1, 0.15) is 10.4 Å². The van der Waals surface area contributed by atoms with Crippen LogP contribution in [0.25, 0.3) is 0 Å². The summed E-state index contributed by atoms with van der Waals surface area (Å²) in [5.41, 5.74) is -0.595. The van der Waals surface area contributed by atoms with Gasteiger partial charge in [-0.1, -0.05) is 6.07 Å². The Morgan fingerprint density at radius 2 is 2.00 bits per heavy atom. The van der Waals surface area contributed by atoms with Crippen molar-refractivity contribution >= 4 is 27.6 Å². The molecule has 0 aliphatic heterocycles. The molecule has 1 N–H and O–H groups in total. The minimum atomic E-state index is -1.25. The summed E-state index contributed by atoms with van der Waals surface area (Å²) in [6.07, 6.45) is 0. The summed E-state index contributed by atoms with van der Waals surface area (Å²) in [7, 11) is 0. The van der Waals surface area contributed by atoms with Crippen LogP contribution in [-0.4, -0.2) is 16.0 Å². The van der Waals surface area contributed by atoms with E-state index < -0.39 is 22.4 Å². The number of carboxylic acid groups (broad SMARTS) is 1. The number of ether oxygens (including phenoxy) is 1.